The van der Waals surface area contributed by atoms with Gasteiger partial charge >= 0.3 is 7.12 Å². The van der Waals surface area contributed by atoms with E-state index in [1.807, 2.05) is 0 Å². The zero-order valence-corrected chi connectivity index (χ0v) is 7.17. The Balaban J connectivity index is 0. The maximum absolute atomic E-state index is 8.33. The van der Waals surface area contributed by atoms with Crippen LogP contribution in [0.1, 0.15) is 26.2 Å². The summed E-state index contributed by atoms with van der Waals surface area (Å²) in [4.78, 5) is 0. The summed E-state index contributed by atoms with van der Waals surface area (Å²) in [5.41, 5.74) is 0. The Labute approximate surface area is 70.5 Å². The largest absolute Gasteiger partial charge is 0.451 e. The van der Waals surface area contributed by atoms with Crippen molar-refractivity contribution in [2.75, 3.05) is 0 Å². The van der Waals surface area contributed by atoms with Crippen LogP contribution in [-0.4, -0.2) is 17.2 Å². The van der Waals surface area contributed by atoms with Gasteiger partial charge in [0.05, 0.1) is 0 Å². The Morgan fingerprint density at radius 1 is 1.22 bits per heavy atom. The van der Waals surface area contributed by atoms with E-state index in [1.54, 1.807) is 0 Å². The molecule has 0 aliphatic carbocycles. The molecule has 9 heavy (non-hydrogen) atoms. The number of hydrogen-bond acceptors (Lipinski definition) is 2. The summed E-state index contributed by atoms with van der Waals surface area (Å²) in [6, 6.07) is 0. The third-order valence-electron chi connectivity index (χ3n) is 1.07. The zero-order chi connectivity index (χ0) is 6.41. The molecule has 0 aromatic rings. The predicted octanol–water partition coefficient (Wildman–Crippen LogP) is 0.647. The molecule has 0 amide bonds. The van der Waals surface area contributed by atoms with Gasteiger partial charge in [-0.2, -0.15) is 0 Å². The van der Waals surface area contributed by atoms with Crippen LogP contribution in [0.2, 0.25) is 6.32 Å². The van der Waals surface area contributed by atoms with Gasteiger partial charge in [-0.15, -0.1) is 0 Å². The van der Waals surface area contributed by atoms with Gasteiger partial charge in [-0.1, -0.05) is 26.2 Å². The summed E-state index contributed by atoms with van der Waals surface area (Å²) in [5, 5.41) is 16.7. The van der Waals surface area contributed by atoms with Crippen molar-refractivity contribution in [3.05, 3.63) is 0 Å². The first-order valence-electron chi connectivity index (χ1n) is 3.13. The Morgan fingerprint density at radius 2 is 1.78 bits per heavy atom. The van der Waals surface area contributed by atoms with Crippen LogP contribution in [0.3, 0.4) is 0 Å². The van der Waals surface area contributed by atoms with Gasteiger partial charge in [0.15, 0.2) is 0 Å². The van der Waals surface area contributed by atoms with Crippen LogP contribution in [0.15, 0.2) is 0 Å². The Bertz CT molecular complexity index is 52.2. The van der Waals surface area contributed by atoms with Gasteiger partial charge in [-0.25, -0.2) is 0 Å². The maximum Gasteiger partial charge on any atom is 0.451 e. The summed E-state index contributed by atoms with van der Waals surface area (Å²) >= 11 is 0. The molecule has 0 bridgehead atoms. The molecular weight excluding hydrogens is 209 g/mol. The SMILES string of the molecule is CCCCCB(O)O.[Pd]. The fourth-order valence-corrected chi connectivity index (χ4v) is 0.577. The summed E-state index contributed by atoms with van der Waals surface area (Å²) in [7, 11) is -1.10. The van der Waals surface area contributed by atoms with Crippen molar-refractivity contribution in [1.29, 1.82) is 0 Å². The van der Waals surface area contributed by atoms with E-state index in [9.17, 15) is 0 Å². The first-order chi connectivity index (χ1) is 3.77. The van der Waals surface area contributed by atoms with E-state index in [4.69, 9.17) is 10.0 Å². The molecule has 0 spiro atoms. The van der Waals surface area contributed by atoms with E-state index < -0.39 is 7.12 Å². The van der Waals surface area contributed by atoms with Crippen molar-refractivity contribution in [3.63, 3.8) is 0 Å². The molecule has 0 aliphatic rings. The quantitative estimate of drug-likeness (QED) is 0.541. The first-order valence-corrected chi connectivity index (χ1v) is 3.13. The minimum atomic E-state index is -1.10. The summed E-state index contributed by atoms with van der Waals surface area (Å²) in [5.74, 6) is 0. The van der Waals surface area contributed by atoms with Crippen LogP contribution in [0.25, 0.3) is 0 Å². The van der Waals surface area contributed by atoms with Crippen LogP contribution < -0.4 is 0 Å². The van der Waals surface area contributed by atoms with E-state index in [0.29, 0.717) is 6.32 Å². The molecule has 2 nitrogen and oxygen atoms in total. The van der Waals surface area contributed by atoms with Gasteiger partial charge in [0.2, 0.25) is 0 Å². The summed E-state index contributed by atoms with van der Waals surface area (Å²) < 4.78 is 0. The molecule has 0 saturated carbocycles. The van der Waals surface area contributed by atoms with Crippen molar-refractivity contribution < 1.29 is 30.5 Å². The van der Waals surface area contributed by atoms with Crippen molar-refractivity contribution in [2.45, 2.75) is 32.5 Å². The van der Waals surface area contributed by atoms with Crippen molar-refractivity contribution in [3.8, 4) is 0 Å². The number of unbranched alkanes of at least 4 members (excludes halogenated alkanes) is 2. The van der Waals surface area contributed by atoms with E-state index >= 15 is 0 Å². The Kier molecular flexibility index (Phi) is 11.9. The minimum Gasteiger partial charge on any atom is -0.427 e. The second-order valence-corrected chi connectivity index (χ2v) is 1.98. The van der Waals surface area contributed by atoms with Gasteiger partial charge in [0.25, 0.3) is 0 Å². The van der Waals surface area contributed by atoms with Gasteiger partial charge in [0.1, 0.15) is 0 Å². The van der Waals surface area contributed by atoms with Crippen LogP contribution in [-0.2, 0) is 20.4 Å². The average Bonchev–Trinajstić information content (AvgIpc) is 1.66. The van der Waals surface area contributed by atoms with Crippen LogP contribution >= 0.6 is 0 Å². The standard InChI is InChI=1S/C5H13BO2.Pd/c1-2-3-4-5-6(7)8;/h7-8H,2-5H2,1H3;. The van der Waals surface area contributed by atoms with Gasteiger partial charge in [-0.05, 0) is 6.32 Å². The van der Waals surface area contributed by atoms with Crippen LogP contribution in [0.5, 0.6) is 0 Å². The molecule has 0 radical (unpaired) electrons. The molecule has 58 valence electrons. The normalized spacial score (nSPS) is 8.33. The molecule has 4 heteroatoms. The molecule has 0 rings (SSSR count). The predicted molar refractivity (Wildman–Crippen MR) is 34.5 cm³/mol. The molecule has 0 aromatic heterocycles. The molecule has 0 heterocycles. The molecule has 0 saturated heterocycles. The van der Waals surface area contributed by atoms with Crippen molar-refractivity contribution in [2.24, 2.45) is 0 Å². The van der Waals surface area contributed by atoms with E-state index in [2.05, 4.69) is 6.92 Å². The minimum absolute atomic E-state index is 0. The molecule has 0 unspecified atom stereocenters. The van der Waals surface area contributed by atoms with Crippen LogP contribution in [0.4, 0.5) is 0 Å². The van der Waals surface area contributed by atoms with Crippen LogP contribution in [0, 0.1) is 0 Å². The van der Waals surface area contributed by atoms with Gasteiger partial charge < -0.3 is 10.0 Å². The summed E-state index contributed by atoms with van der Waals surface area (Å²) in [6.07, 6.45) is 3.67. The number of rotatable bonds is 4. The fraction of sp³-hybridized carbons (Fsp3) is 1.00. The second kappa shape index (κ2) is 8.65. The summed E-state index contributed by atoms with van der Waals surface area (Å²) in [6.45, 7) is 2.09. The molecule has 0 atom stereocenters. The monoisotopic (exact) mass is 222 g/mol. The van der Waals surface area contributed by atoms with Crippen molar-refractivity contribution >= 4 is 7.12 Å². The smallest absolute Gasteiger partial charge is 0.427 e. The molecule has 2 N–H and O–H groups in total. The van der Waals surface area contributed by atoms with Crippen molar-refractivity contribution in [1.82, 2.24) is 0 Å². The molecule has 0 fully saturated rings. The van der Waals surface area contributed by atoms with E-state index in [-0.39, 0.29) is 20.4 Å². The van der Waals surface area contributed by atoms with Gasteiger partial charge in [-0.3, -0.25) is 0 Å². The second-order valence-electron chi connectivity index (χ2n) is 1.98. The van der Waals surface area contributed by atoms with E-state index in [0.717, 1.165) is 19.3 Å². The Hall–Kier alpha value is 0.647. The third-order valence-corrected chi connectivity index (χ3v) is 1.07. The average molecular weight is 222 g/mol. The van der Waals surface area contributed by atoms with Gasteiger partial charge in [0, 0.05) is 20.4 Å². The Morgan fingerprint density at radius 3 is 2.11 bits per heavy atom. The first kappa shape index (κ1) is 12.3. The fourth-order valence-electron chi connectivity index (χ4n) is 0.577. The van der Waals surface area contributed by atoms with E-state index in [1.165, 1.54) is 0 Å². The third kappa shape index (κ3) is 12.0. The topological polar surface area (TPSA) is 40.5 Å². The molecular formula is C5H13BO2Pd. The maximum atomic E-state index is 8.33. The molecule has 0 aromatic carbocycles. The zero-order valence-electron chi connectivity index (χ0n) is 5.62. The number of hydrogen-bond donors (Lipinski definition) is 2. The molecule has 0 aliphatic heterocycles.